The zero-order chi connectivity index (χ0) is 23.0. The summed E-state index contributed by atoms with van der Waals surface area (Å²) in [4.78, 5) is 19.8. The highest BCUT2D eigenvalue weighted by molar-refractivity contribution is 7.89. The molecule has 170 valence electrons. The van der Waals surface area contributed by atoms with Crippen LogP contribution in [0.25, 0.3) is 12.2 Å². The summed E-state index contributed by atoms with van der Waals surface area (Å²) in [5.74, 6) is 0. The van der Waals surface area contributed by atoms with Crippen LogP contribution in [0.2, 0.25) is 0 Å². The van der Waals surface area contributed by atoms with Crippen molar-refractivity contribution in [2.75, 3.05) is 54.4 Å². The third kappa shape index (κ3) is 4.23. The molecule has 0 saturated heterocycles. The molecular weight excluding hydrogens is 424 g/mol. The van der Waals surface area contributed by atoms with E-state index in [1.165, 1.54) is 0 Å². The zero-order valence-electron chi connectivity index (χ0n) is 19.1. The Morgan fingerprint density at radius 3 is 2.34 bits per heavy atom. The molecule has 2 aromatic rings. The highest BCUT2D eigenvalue weighted by Crippen LogP contribution is 2.17. The van der Waals surface area contributed by atoms with Gasteiger partial charge in [0.2, 0.25) is 10.0 Å². The fraction of sp³-hybridized carbons (Fsp3) is 0.375. The number of benzene rings is 1. The summed E-state index contributed by atoms with van der Waals surface area (Å²) in [7, 11) is 4.09. The molecule has 0 unspecified atom stereocenters. The van der Waals surface area contributed by atoms with Crippen LogP contribution in [0.5, 0.6) is 0 Å². The van der Waals surface area contributed by atoms with Crippen LogP contribution in [0.15, 0.2) is 40.0 Å². The second-order valence-electron chi connectivity index (χ2n) is 8.84. The summed E-state index contributed by atoms with van der Waals surface area (Å²) in [6, 6.07) is 5.20. The summed E-state index contributed by atoms with van der Waals surface area (Å²) < 4.78 is 28.6. The molecule has 0 bridgehead atoms. The van der Waals surface area contributed by atoms with E-state index in [0.717, 1.165) is 26.9 Å². The Kier molecular flexibility index (Phi) is 6.22. The maximum Gasteiger partial charge on any atom is 0.256 e. The first-order valence-electron chi connectivity index (χ1n) is 10.8. The largest absolute Gasteiger partial charge is 0.321 e. The number of nitrogens with one attached hydrogen (secondary N) is 1. The van der Waals surface area contributed by atoms with Crippen molar-refractivity contribution in [3.05, 3.63) is 72.8 Å². The number of aromatic amines is 1. The van der Waals surface area contributed by atoms with Gasteiger partial charge in [-0.25, -0.2) is 8.42 Å². The molecule has 0 spiro atoms. The van der Waals surface area contributed by atoms with E-state index in [-0.39, 0.29) is 10.5 Å². The third-order valence-electron chi connectivity index (χ3n) is 5.95. The molecule has 1 N–H and O–H groups in total. The molecule has 1 aromatic heterocycles. The van der Waals surface area contributed by atoms with E-state index in [0.29, 0.717) is 37.8 Å². The maximum absolute atomic E-state index is 13.5. The number of aromatic nitrogens is 1. The second kappa shape index (κ2) is 8.78. The summed E-state index contributed by atoms with van der Waals surface area (Å²) in [5, 5.41) is 3.14. The Labute approximate surface area is 188 Å². The number of rotatable bonds is 8. The van der Waals surface area contributed by atoms with Crippen molar-refractivity contribution in [2.24, 2.45) is 0 Å². The Bertz CT molecular complexity index is 1440. The van der Waals surface area contributed by atoms with Crippen LogP contribution in [0.4, 0.5) is 0 Å². The number of sulfonamides is 1. The lowest BCUT2D eigenvalue weighted by Gasteiger charge is -2.25. The van der Waals surface area contributed by atoms with E-state index < -0.39 is 10.0 Å². The molecule has 1 heterocycles. The van der Waals surface area contributed by atoms with Gasteiger partial charge >= 0.3 is 0 Å². The molecule has 7 nitrogen and oxygen atoms in total. The summed E-state index contributed by atoms with van der Waals surface area (Å²) in [6.07, 6.45) is 8.44. The van der Waals surface area contributed by atoms with Crippen LogP contribution in [-0.4, -0.2) is 81.9 Å². The summed E-state index contributed by atoms with van der Waals surface area (Å²) >= 11 is 0. The molecule has 0 saturated carbocycles. The molecular formula is C24H30N4O3S. The molecule has 1 aromatic carbocycles. The first kappa shape index (κ1) is 22.7. The lowest BCUT2D eigenvalue weighted by atomic mass is 10.0. The molecule has 4 rings (SSSR count). The van der Waals surface area contributed by atoms with Crippen molar-refractivity contribution in [1.29, 1.82) is 0 Å². The number of nitrogens with zero attached hydrogens (tertiary/aromatic N) is 3. The lowest BCUT2D eigenvalue weighted by Crippen LogP contribution is -2.40. The predicted octanol–water partition coefficient (Wildman–Crippen LogP) is -0.189. The van der Waals surface area contributed by atoms with Gasteiger partial charge < -0.3 is 14.8 Å². The van der Waals surface area contributed by atoms with Crippen LogP contribution in [0.3, 0.4) is 0 Å². The number of likely N-dealkylation sites (N-methyl/N-ethyl adjacent to an activating group) is 2. The minimum absolute atomic E-state index is 0.111. The number of fused-ring (bicyclic) bond motifs is 4. The predicted molar refractivity (Wildman–Crippen MR) is 127 cm³/mol. The Balaban J connectivity index is 1.79. The van der Waals surface area contributed by atoms with Crippen molar-refractivity contribution < 1.29 is 8.42 Å². The van der Waals surface area contributed by atoms with Gasteiger partial charge in [0.25, 0.3) is 5.56 Å². The normalized spacial score (nSPS) is 14.3. The van der Waals surface area contributed by atoms with Gasteiger partial charge in [0.05, 0.1) is 10.2 Å². The number of pyridine rings is 1. The first-order chi connectivity index (χ1) is 15.2. The molecule has 32 heavy (non-hydrogen) atoms. The third-order valence-corrected chi connectivity index (χ3v) is 7.84. The lowest BCUT2D eigenvalue weighted by molar-refractivity contribution is 0.301. The standard InChI is InChI=1S/C24H30N4O3S/c1-26(2)11-13-28(14-12-27(3)4)32(30,31)18-9-10-19-17(15-18)16-22-20-7-5-6-8-21(20)24(29)25-23(19)22/h5-6,8-10,15-16H,7,11-14H2,1-4H3,(H,25,29). The molecule has 8 heteroatoms. The van der Waals surface area contributed by atoms with E-state index in [1.807, 2.05) is 68.4 Å². The van der Waals surface area contributed by atoms with Crippen molar-refractivity contribution in [1.82, 2.24) is 19.1 Å². The van der Waals surface area contributed by atoms with E-state index in [2.05, 4.69) is 4.98 Å². The Hall–Kier alpha value is -2.52. The summed E-state index contributed by atoms with van der Waals surface area (Å²) in [6.45, 7) is 2.14. The molecule has 2 aliphatic rings. The number of hydrogen-bond acceptors (Lipinski definition) is 5. The second-order valence-corrected chi connectivity index (χ2v) is 10.8. The molecule has 0 atom stereocenters. The van der Waals surface area contributed by atoms with Gasteiger partial charge in [-0.05, 0) is 69.7 Å². The minimum Gasteiger partial charge on any atom is -0.321 e. The van der Waals surface area contributed by atoms with Crippen molar-refractivity contribution in [3.8, 4) is 0 Å². The number of H-pyrrole nitrogens is 1. The van der Waals surface area contributed by atoms with E-state index >= 15 is 0 Å². The SMILES string of the molecule is CN(C)CCN(CCN(C)C)S(=O)(=O)c1ccc2c(c1)=Cc1c3c(c(=O)[nH]c1=2)=CC=CC3. The minimum atomic E-state index is -3.66. The quantitative estimate of drug-likeness (QED) is 0.511. The monoisotopic (exact) mass is 454 g/mol. The topological polar surface area (TPSA) is 76.7 Å². The Morgan fingerprint density at radius 2 is 1.69 bits per heavy atom. The Morgan fingerprint density at radius 1 is 1.00 bits per heavy atom. The van der Waals surface area contributed by atoms with Crippen LogP contribution < -0.4 is 16.0 Å². The molecule has 0 radical (unpaired) electrons. The average Bonchev–Trinajstić information content (AvgIpc) is 3.11. The maximum atomic E-state index is 13.5. The van der Waals surface area contributed by atoms with E-state index in [1.54, 1.807) is 16.4 Å². The zero-order valence-corrected chi connectivity index (χ0v) is 19.9. The molecule has 0 fully saturated rings. The number of hydrogen-bond donors (Lipinski definition) is 1. The van der Waals surface area contributed by atoms with Crippen molar-refractivity contribution in [2.45, 2.75) is 11.3 Å². The van der Waals surface area contributed by atoms with Gasteiger partial charge in [0.15, 0.2) is 0 Å². The highest BCUT2D eigenvalue weighted by Gasteiger charge is 2.25. The van der Waals surface area contributed by atoms with Crippen LogP contribution in [0.1, 0.15) is 11.1 Å². The fourth-order valence-corrected chi connectivity index (χ4v) is 5.59. The van der Waals surface area contributed by atoms with Gasteiger partial charge in [0, 0.05) is 42.2 Å². The fourth-order valence-electron chi connectivity index (χ4n) is 4.13. The van der Waals surface area contributed by atoms with Gasteiger partial charge in [-0.1, -0.05) is 18.2 Å². The van der Waals surface area contributed by atoms with Crippen molar-refractivity contribution in [3.63, 3.8) is 0 Å². The molecule has 0 amide bonds. The highest BCUT2D eigenvalue weighted by atomic mass is 32.2. The smallest absolute Gasteiger partial charge is 0.256 e. The van der Waals surface area contributed by atoms with E-state index in [9.17, 15) is 13.2 Å². The van der Waals surface area contributed by atoms with Gasteiger partial charge in [0.1, 0.15) is 0 Å². The van der Waals surface area contributed by atoms with Crippen molar-refractivity contribution >= 4 is 22.2 Å². The van der Waals surface area contributed by atoms with Gasteiger partial charge in [-0.15, -0.1) is 0 Å². The first-order valence-corrected chi connectivity index (χ1v) is 12.2. The van der Waals surface area contributed by atoms with Gasteiger partial charge in [-0.3, -0.25) is 4.79 Å². The molecule has 0 aliphatic heterocycles. The van der Waals surface area contributed by atoms with Gasteiger partial charge in [-0.2, -0.15) is 4.31 Å². The molecule has 2 aliphatic carbocycles. The summed E-state index contributed by atoms with van der Waals surface area (Å²) in [5.41, 5.74) is 1.85. The van der Waals surface area contributed by atoms with E-state index in [4.69, 9.17) is 0 Å². The number of allylic oxidation sites excluding steroid dienone is 2. The average molecular weight is 455 g/mol. The van der Waals surface area contributed by atoms with Crippen LogP contribution in [-0.2, 0) is 16.4 Å². The van der Waals surface area contributed by atoms with Crippen LogP contribution in [0, 0.1) is 10.6 Å². The van der Waals surface area contributed by atoms with Crippen LogP contribution >= 0.6 is 0 Å².